The Morgan fingerprint density at radius 2 is 1.67 bits per heavy atom. The summed E-state index contributed by atoms with van der Waals surface area (Å²) in [7, 11) is 0. The maximum atomic E-state index is 12.8. The Morgan fingerprint density at radius 3 is 2.33 bits per heavy atom. The Balaban J connectivity index is 1.71. The second kappa shape index (κ2) is 8.08. The van der Waals surface area contributed by atoms with Crippen LogP contribution in [0, 0.1) is 18.2 Å². The summed E-state index contributed by atoms with van der Waals surface area (Å²) >= 11 is 0. The smallest absolute Gasteiger partial charge is 0.148 e. The molecule has 0 aromatic heterocycles. The van der Waals surface area contributed by atoms with Gasteiger partial charge in [-0.1, -0.05) is 30.2 Å². The minimum absolute atomic E-state index is 0.196. The first-order valence-corrected chi connectivity index (χ1v) is 6.88. The van der Waals surface area contributed by atoms with Gasteiger partial charge in [0, 0.05) is 6.54 Å². The van der Waals surface area contributed by atoms with E-state index in [9.17, 15) is 4.39 Å². The standard InChI is InChI=1S/C18H18FNO/c1-2-13-21-18-9-5-16(6-10-18)14-20-12-11-15-3-7-17(19)8-4-15/h1,3-10,20H,11-14H2. The fourth-order valence-corrected chi connectivity index (χ4v) is 1.95. The van der Waals surface area contributed by atoms with Crippen LogP contribution < -0.4 is 10.1 Å². The highest BCUT2D eigenvalue weighted by Crippen LogP contribution is 2.11. The molecule has 0 unspecified atom stereocenters. The average Bonchev–Trinajstić information content (AvgIpc) is 2.52. The molecule has 0 aliphatic heterocycles. The predicted octanol–water partition coefficient (Wildman–Crippen LogP) is 3.17. The minimum Gasteiger partial charge on any atom is -0.481 e. The molecule has 0 aliphatic rings. The Morgan fingerprint density at radius 1 is 1.00 bits per heavy atom. The molecule has 0 amide bonds. The number of halogens is 1. The van der Waals surface area contributed by atoms with Crippen LogP contribution >= 0.6 is 0 Å². The first-order chi connectivity index (χ1) is 10.3. The van der Waals surface area contributed by atoms with Gasteiger partial charge in [-0.25, -0.2) is 4.39 Å². The van der Waals surface area contributed by atoms with E-state index in [0.29, 0.717) is 0 Å². The van der Waals surface area contributed by atoms with Crippen molar-refractivity contribution in [2.45, 2.75) is 13.0 Å². The maximum Gasteiger partial charge on any atom is 0.148 e. The van der Waals surface area contributed by atoms with E-state index < -0.39 is 0 Å². The van der Waals surface area contributed by atoms with E-state index in [1.807, 2.05) is 36.4 Å². The summed E-state index contributed by atoms with van der Waals surface area (Å²) in [5.41, 5.74) is 2.31. The third-order valence-corrected chi connectivity index (χ3v) is 3.08. The fourth-order valence-electron chi connectivity index (χ4n) is 1.95. The van der Waals surface area contributed by atoms with Crippen molar-refractivity contribution < 1.29 is 9.13 Å². The third kappa shape index (κ3) is 5.29. The first kappa shape index (κ1) is 15.1. The van der Waals surface area contributed by atoms with Crippen molar-refractivity contribution in [1.82, 2.24) is 5.32 Å². The SMILES string of the molecule is C#CCOc1ccc(CNCCc2ccc(F)cc2)cc1. The van der Waals surface area contributed by atoms with Gasteiger partial charge in [0.15, 0.2) is 0 Å². The summed E-state index contributed by atoms with van der Waals surface area (Å²) in [6.07, 6.45) is 6.02. The molecular weight excluding hydrogens is 265 g/mol. The Kier molecular flexibility index (Phi) is 5.81. The van der Waals surface area contributed by atoms with Gasteiger partial charge in [-0.15, -0.1) is 6.42 Å². The maximum absolute atomic E-state index is 12.8. The van der Waals surface area contributed by atoms with Crippen LogP contribution in [0.3, 0.4) is 0 Å². The molecule has 2 rings (SSSR count). The Labute approximate surface area is 125 Å². The summed E-state index contributed by atoms with van der Waals surface area (Å²) in [6, 6.07) is 14.5. The van der Waals surface area contributed by atoms with Crippen molar-refractivity contribution in [3.8, 4) is 18.1 Å². The summed E-state index contributed by atoms with van der Waals surface area (Å²) in [5, 5.41) is 3.36. The molecule has 2 nitrogen and oxygen atoms in total. The largest absolute Gasteiger partial charge is 0.481 e. The molecule has 2 aromatic carbocycles. The van der Waals surface area contributed by atoms with Gasteiger partial charge in [0.2, 0.25) is 0 Å². The molecule has 0 saturated carbocycles. The summed E-state index contributed by atoms with van der Waals surface area (Å²) < 4.78 is 18.1. The fraction of sp³-hybridized carbons (Fsp3) is 0.222. The van der Waals surface area contributed by atoms with Gasteiger partial charge >= 0.3 is 0 Å². The zero-order chi connectivity index (χ0) is 14.9. The molecule has 3 heteroatoms. The second-order valence-corrected chi connectivity index (χ2v) is 4.69. The van der Waals surface area contributed by atoms with Crippen molar-refractivity contribution >= 4 is 0 Å². The van der Waals surface area contributed by atoms with Gasteiger partial charge in [-0.2, -0.15) is 0 Å². The van der Waals surface area contributed by atoms with Gasteiger partial charge in [0.1, 0.15) is 18.2 Å². The normalized spacial score (nSPS) is 10.1. The molecule has 0 atom stereocenters. The highest BCUT2D eigenvalue weighted by Gasteiger charge is 1.97. The van der Waals surface area contributed by atoms with Crippen LogP contribution in [0.2, 0.25) is 0 Å². The molecule has 1 N–H and O–H groups in total. The summed E-state index contributed by atoms with van der Waals surface area (Å²) in [4.78, 5) is 0. The van der Waals surface area contributed by atoms with Crippen LogP contribution in [0.5, 0.6) is 5.75 Å². The van der Waals surface area contributed by atoms with E-state index in [2.05, 4.69) is 11.2 Å². The van der Waals surface area contributed by atoms with Crippen LogP contribution in [0.25, 0.3) is 0 Å². The number of ether oxygens (including phenoxy) is 1. The number of terminal acetylenes is 1. The third-order valence-electron chi connectivity index (χ3n) is 3.08. The van der Waals surface area contributed by atoms with E-state index in [1.54, 1.807) is 0 Å². The Hall–Kier alpha value is -2.31. The molecule has 21 heavy (non-hydrogen) atoms. The molecule has 0 bridgehead atoms. The van der Waals surface area contributed by atoms with Crippen LogP contribution in [0.1, 0.15) is 11.1 Å². The average molecular weight is 283 g/mol. The lowest BCUT2D eigenvalue weighted by Crippen LogP contribution is -2.16. The van der Waals surface area contributed by atoms with Gasteiger partial charge in [-0.05, 0) is 48.4 Å². The Bertz CT molecular complexity index is 584. The minimum atomic E-state index is -0.196. The number of hydrogen-bond donors (Lipinski definition) is 1. The second-order valence-electron chi connectivity index (χ2n) is 4.69. The number of rotatable bonds is 7. The number of benzene rings is 2. The van der Waals surface area contributed by atoms with Gasteiger partial charge in [-0.3, -0.25) is 0 Å². The van der Waals surface area contributed by atoms with E-state index in [1.165, 1.54) is 17.7 Å². The van der Waals surface area contributed by atoms with Crippen molar-refractivity contribution in [3.05, 3.63) is 65.5 Å². The molecule has 0 fully saturated rings. The van der Waals surface area contributed by atoms with Crippen LogP contribution in [-0.2, 0) is 13.0 Å². The molecule has 0 radical (unpaired) electrons. The molecule has 108 valence electrons. The summed E-state index contributed by atoms with van der Waals surface area (Å²) in [6.45, 7) is 1.92. The molecule has 0 aliphatic carbocycles. The summed E-state index contributed by atoms with van der Waals surface area (Å²) in [5.74, 6) is 3.02. The molecular formula is C18H18FNO. The zero-order valence-electron chi connectivity index (χ0n) is 11.8. The highest BCUT2D eigenvalue weighted by molar-refractivity contribution is 5.27. The number of hydrogen-bond acceptors (Lipinski definition) is 2. The van der Waals surface area contributed by atoms with Crippen molar-refractivity contribution in [2.75, 3.05) is 13.2 Å². The topological polar surface area (TPSA) is 21.3 Å². The number of nitrogens with one attached hydrogen (secondary N) is 1. The van der Waals surface area contributed by atoms with Crippen molar-refractivity contribution in [2.24, 2.45) is 0 Å². The quantitative estimate of drug-likeness (QED) is 0.622. The van der Waals surface area contributed by atoms with Crippen LogP contribution in [-0.4, -0.2) is 13.2 Å². The van der Waals surface area contributed by atoms with E-state index in [0.717, 1.165) is 30.8 Å². The van der Waals surface area contributed by atoms with Crippen LogP contribution in [0.4, 0.5) is 4.39 Å². The van der Waals surface area contributed by atoms with Crippen LogP contribution in [0.15, 0.2) is 48.5 Å². The van der Waals surface area contributed by atoms with Gasteiger partial charge in [0.25, 0.3) is 0 Å². The lowest BCUT2D eigenvalue weighted by molar-refractivity contribution is 0.370. The lowest BCUT2D eigenvalue weighted by atomic mass is 10.1. The van der Waals surface area contributed by atoms with Crippen molar-refractivity contribution in [3.63, 3.8) is 0 Å². The molecule has 0 saturated heterocycles. The molecule has 2 aromatic rings. The molecule has 0 heterocycles. The zero-order valence-corrected chi connectivity index (χ0v) is 11.8. The van der Waals surface area contributed by atoms with E-state index in [4.69, 9.17) is 11.2 Å². The van der Waals surface area contributed by atoms with E-state index >= 15 is 0 Å². The van der Waals surface area contributed by atoms with Gasteiger partial charge in [0.05, 0.1) is 0 Å². The molecule has 0 spiro atoms. The highest BCUT2D eigenvalue weighted by atomic mass is 19.1. The lowest BCUT2D eigenvalue weighted by Gasteiger charge is -2.07. The monoisotopic (exact) mass is 283 g/mol. The van der Waals surface area contributed by atoms with E-state index in [-0.39, 0.29) is 12.4 Å². The first-order valence-electron chi connectivity index (χ1n) is 6.88. The van der Waals surface area contributed by atoms with Gasteiger partial charge < -0.3 is 10.1 Å². The van der Waals surface area contributed by atoms with Crippen molar-refractivity contribution in [1.29, 1.82) is 0 Å². The predicted molar refractivity (Wildman–Crippen MR) is 82.6 cm³/mol.